The molecule has 94 valence electrons. The summed E-state index contributed by atoms with van der Waals surface area (Å²) in [7, 11) is 0. The lowest BCUT2D eigenvalue weighted by Crippen LogP contribution is -2.25. The third-order valence-electron chi connectivity index (χ3n) is 2.89. The minimum atomic E-state index is -4.33. The molecule has 0 radical (unpaired) electrons. The fourth-order valence-electron chi connectivity index (χ4n) is 1.94. The summed E-state index contributed by atoms with van der Waals surface area (Å²) in [5, 5.41) is 9.53. The monoisotopic (exact) mass is 246 g/mol. The molecule has 5 heteroatoms. The summed E-state index contributed by atoms with van der Waals surface area (Å²) in [5.41, 5.74) is -0.697. The summed E-state index contributed by atoms with van der Waals surface area (Å²) in [6, 6.07) is 4.54. The Balaban J connectivity index is 2.03. The third kappa shape index (κ3) is 2.91. The van der Waals surface area contributed by atoms with E-state index < -0.39 is 17.8 Å². The molecule has 1 fully saturated rings. The van der Waals surface area contributed by atoms with Gasteiger partial charge in [-0.1, -0.05) is 0 Å². The maximum atomic E-state index is 12.3. The van der Waals surface area contributed by atoms with Gasteiger partial charge in [-0.3, -0.25) is 0 Å². The van der Waals surface area contributed by atoms with Crippen molar-refractivity contribution < 1.29 is 23.0 Å². The topological polar surface area (TPSA) is 29.5 Å². The van der Waals surface area contributed by atoms with Crippen LogP contribution in [0.2, 0.25) is 0 Å². The number of halogens is 3. The van der Waals surface area contributed by atoms with Crippen LogP contribution in [-0.2, 0) is 6.18 Å². The van der Waals surface area contributed by atoms with E-state index in [-0.39, 0.29) is 6.10 Å². The molecule has 0 aliphatic heterocycles. The Bertz CT molecular complexity index is 372. The number of ether oxygens (including phenoxy) is 1. The van der Waals surface area contributed by atoms with Crippen LogP contribution >= 0.6 is 0 Å². The van der Waals surface area contributed by atoms with Crippen LogP contribution in [0.4, 0.5) is 13.2 Å². The quantitative estimate of drug-likeness (QED) is 0.869. The van der Waals surface area contributed by atoms with Crippen molar-refractivity contribution in [1.29, 1.82) is 0 Å². The summed E-state index contributed by atoms with van der Waals surface area (Å²) in [6.45, 7) is 0. The summed E-state index contributed by atoms with van der Waals surface area (Å²) in [4.78, 5) is 0. The van der Waals surface area contributed by atoms with Crippen LogP contribution in [0, 0.1) is 0 Å². The van der Waals surface area contributed by atoms with Crippen molar-refractivity contribution in [3.8, 4) is 5.75 Å². The summed E-state index contributed by atoms with van der Waals surface area (Å²) >= 11 is 0. The van der Waals surface area contributed by atoms with Crippen molar-refractivity contribution >= 4 is 0 Å². The molecule has 0 bridgehead atoms. The van der Waals surface area contributed by atoms with Gasteiger partial charge in [0.15, 0.2) is 0 Å². The van der Waals surface area contributed by atoms with Gasteiger partial charge in [-0.25, -0.2) is 0 Å². The Morgan fingerprint density at radius 2 is 1.76 bits per heavy atom. The van der Waals surface area contributed by atoms with E-state index in [9.17, 15) is 18.3 Å². The lowest BCUT2D eigenvalue weighted by Gasteiger charge is -2.17. The molecule has 0 spiro atoms. The molecule has 2 atom stereocenters. The van der Waals surface area contributed by atoms with Gasteiger partial charge in [-0.05, 0) is 43.5 Å². The van der Waals surface area contributed by atoms with Crippen LogP contribution in [0.25, 0.3) is 0 Å². The maximum Gasteiger partial charge on any atom is 0.416 e. The number of hydrogen-bond donors (Lipinski definition) is 1. The van der Waals surface area contributed by atoms with E-state index in [4.69, 9.17) is 4.74 Å². The zero-order valence-corrected chi connectivity index (χ0v) is 9.07. The van der Waals surface area contributed by atoms with Crippen LogP contribution in [0.3, 0.4) is 0 Å². The van der Waals surface area contributed by atoms with Crippen molar-refractivity contribution in [1.82, 2.24) is 0 Å². The number of hydrogen-bond acceptors (Lipinski definition) is 2. The molecule has 1 aliphatic carbocycles. The molecule has 0 unspecified atom stereocenters. The molecular weight excluding hydrogens is 233 g/mol. The molecule has 1 aliphatic rings. The normalized spacial score (nSPS) is 24.9. The number of benzene rings is 1. The highest BCUT2D eigenvalue weighted by atomic mass is 19.4. The molecule has 2 rings (SSSR count). The Morgan fingerprint density at radius 3 is 2.24 bits per heavy atom. The van der Waals surface area contributed by atoms with Gasteiger partial charge >= 0.3 is 6.18 Å². The van der Waals surface area contributed by atoms with Crippen molar-refractivity contribution in [2.24, 2.45) is 0 Å². The second-order valence-corrected chi connectivity index (χ2v) is 4.18. The fraction of sp³-hybridized carbons (Fsp3) is 0.500. The fourth-order valence-corrected chi connectivity index (χ4v) is 1.94. The second-order valence-electron chi connectivity index (χ2n) is 4.18. The zero-order valence-electron chi connectivity index (χ0n) is 9.07. The largest absolute Gasteiger partial charge is 0.488 e. The van der Waals surface area contributed by atoms with E-state index in [2.05, 4.69) is 0 Å². The molecule has 1 saturated carbocycles. The van der Waals surface area contributed by atoms with Gasteiger partial charge in [0.25, 0.3) is 0 Å². The number of alkyl halides is 3. The van der Waals surface area contributed by atoms with Crippen molar-refractivity contribution in [3.05, 3.63) is 29.8 Å². The molecule has 0 saturated heterocycles. The average Bonchev–Trinajstić information content (AvgIpc) is 2.64. The maximum absolute atomic E-state index is 12.3. The molecule has 0 amide bonds. The van der Waals surface area contributed by atoms with Crippen LogP contribution in [0.15, 0.2) is 24.3 Å². The Morgan fingerprint density at radius 1 is 1.12 bits per heavy atom. The molecule has 0 aromatic heterocycles. The summed E-state index contributed by atoms with van der Waals surface area (Å²) in [6.07, 6.45) is -2.84. The lowest BCUT2D eigenvalue weighted by molar-refractivity contribution is -0.137. The standard InChI is InChI=1S/C12H13F3O2/c13-12(14,15)8-4-6-9(7-5-8)17-11-3-1-2-10(11)16/h4-7,10-11,16H,1-3H2/t10-,11-/m0/s1. The highest BCUT2D eigenvalue weighted by molar-refractivity contribution is 5.29. The van der Waals surface area contributed by atoms with Gasteiger partial charge in [0.05, 0.1) is 11.7 Å². The molecule has 0 heterocycles. The predicted octanol–water partition coefficient (Wildman–Crippen LogP) is 3.00. The Kier molecular flexibility index (Phi) is 3.28. The first-order valence-corrected chi connectivity index (χ1v) is 5.49. The third-order valence-corrected chi connectivity index (χ3v) is 2.89. The van der Waals surface area contributed by atoms with Crippen LogP contribution in [0.5, 0.6) is 5.75 Å². The zero-order chi connectivity index (χ0) is 12.5. The van der Waals surface area contributed by atoms with E-state index in [1.807, 2.05) is 0 Å². The first-order chi connectivity index (χ1) is 7.97. The average molecular weight is 246 g/mol. The predicted molar refractivity (Wildman–Crippen MR) is 55.7 cm³/mol. The van der Waals surface area contributed by atoms with E-state index >= 15 is 0 Å². The minimum absolute atomic E-state index is 0.299. The first-order valence-electron chi connectivity index (χ1n) is 5.49. The number of rotatable bonds is 2. The van der Waals surface area contributed by atoms with Gasteiger partial charge in [0, 0.05) is 0 Å². The Labute approximate surface area is 97.0 Å². The van der Waals surface area contributed by atoms with E-state index in [0.29, 0.717) is 12.2 Å². The number of aliphatic hydroxyl groups is 1. The van der Waals surface area contributed by atoms with Crippen LogP contribution in [0.1, 0.15) is 24.8 Å². The van der Waals surface area contributed by atoms with Crippen molar-refractivity contribution in [3.63, 3.8) is 0 Å². The molecule has 17 heavy (non-hydrogen) atoms. The molecule has 1 aromatic rings. The molecule has 1 aromatic carbocycles. The van der Waals surface area contributed by atoms with Crippen LogP contribution in [-0.4, -0.2) is 17.3 Å². The van der Waals surface area contributed by atoms with Crippen LogP contribution < -0.4 is 4.74 Å². The Hall–Kier alpha value is -1.23. The summed E-state index contributed by atoms with van der Waals surface area (Å²) in [5.74, 6) is 0.365. The van der Waals surface area contributed by atoms with Gasteiger partial charge in [-0.15, -0.1) is 0 Å². The van der Waals surface area contributed by atoms with Gasteiger partial charge in [0.1, 0.15) is 11.9 Å². The van der Waals surface area contributed by atoms with Gasteiger partial charge < -0.3 is 9.84 Å². The van der Waals surface area contributed by atoms with E-state index in [1.54, 1.807) is 0 Å². The first kappa shape index (κ1) is 12.2. The van der Waals surface area contributed by atoms with Crippen molar-refractivity contribution in [2.75, 3.05) is 0 Å². The van der Waals surface area contributed by atoms with Gasteiger partial charge in [-0.2, -0.15) is 13.2 Å². The smallest absolute Gasteiger partial charge is 0.416 e. The lowest BCUT2D eigenvalue weighted by atomic mass is 10.2. The molecule has 1 N–H and O–H groups in total. The SMILES string of the molecule is O[C@H]1CCC[C@@H]1Oc1ccc(C(F)(F)F)cc1. The molecule has 2 nitrogen and oxygen atoms in total. The molecular formula is C12H13F3O2. The van der Waals surface area contributed by atoms with E-state index in [1.165, 1.54) is 12.1 Å². The second kappa shape index (κ2) is 4.56. The highest BCUT2D eigenvalue weighted by Crippen LogP contribution is 2.31. The van der Waals surface area contributed by atoms with Gasteiger partial charge in [0.2, 0.25) is 0 Å². The van der Waals surface area contributed by atoms with Crippen molar-refractivity contribution in [2.45, 2.75) is 37.6 Å². The minimum Gasteiger partial charge on any atom is -0.488 e. The van der Waals surface area contributed by atoms with E-state index in [0.717, 1.165) is 25.0 Å². The summed E-state index contributed by atoms with van der Waals surface area (Å²) < 4.78 is 42.4. The highest BCUT2D eigenvalue weighted by Gasteiger charge is 2.31. The number of aliphatic hydroxyl groups excluding tert-OH is 1.